The van der Waals surface area contributed by atoms with Crippen LogP contribution in [0.25, 0.3) is 10.2 Å². The molecule has 1 aliphatic rings. The van der Waals surface area contributed by atoms with Crippen LogP contribution in [0.15, 0.2) is 35.1 Å². The van der Waals surface area contributed by atoms with Crippen molar-refractivity contribution in [3.05, 3.63) is 62.5 Å². The van der Waals surface area contributed by atoms with Crippen molar-refractivity contribution in [2.75, 3.05) is 7.05 Å². The molecule has 0 spiro atoms. The van der Waals surface area contributed by atoms with E-state index in [1.165, 1.54) is 16.0 Å². The van der Waals surface area contributed by atoms with E-state index in [2.05, 4.69) is 62.0 Å². The summed E-state index contributed by atoms with van der Waals surface area (Å²) in [5.74, 6) is 1.45. The number of H-pyrrole nitrogens is 1. The number of hydrogen-bond acceptors (Lipinski definition) is 4. The van der Waals surface area contributed by atoms with Gasteiger partial charge in [0.1, 0.15) is 10.7 Å². The Kier molecular flexibility index (Phi) is 4.91. The number of aromatic amines is 1. The molecule has 0 saturated carbocycles. The van der Waals surface area contributed by atoms with E-state index >= 15 is 0 Å². The molecule has 3 aromatic rings. The Balaban J connectivity index is 1.68. The molecule has 1 N–H and O–H groups in total. The van der Waals surface area contributed by atoms with Crippen LogP contribution < -0.4 is 5.56 Å². The number of rotatable bonds is 4. The van der Waals surface area contributed by atoms with Crippen LogP contribution in [0.2, 0.25) is 0 Å². The molecule has 2 heterocycles. The fourth-order valence-corrected chi connectivity index (χ4v) is 5.45. The van der Waals surface area contributed by atoms with Crippen molar-refractivity contribution in [2.45, 2.75) is 52.1 Å². The summed E-state index contributed by atoms with van der Waals surface area (Å²) < 4.78 is 0. The summed E-state index contributed by atoms with van der Waals surface area (Å²) in [4.78, 5) is 25.4. The van der Waals surface area contributed by atoms with E-state index in [4.69, 9.17) is 4.98 Å². The van der Waals surface area contributed by atoms with Crippen molar-refractivity contribution in [3.63, 3.8) is 0 Å². The van der Waals surface area contributed by atoms with Crippen molar-refractivity contribution < 1.29 is 0 Å². The summed E-state index contributed by atoms with van der Waals surface area (Å²) in [5.41, 5.74) is 2.53. The van der Waals surface area contributed by atoms with Gasteiger partial charge in [-0.1, -0.05) is 37.3 Å². The lowest BCUT2D eigenvalue weighted by atomic mass is 9.89. The molecule has 0 saturated heterocycles. The molecule has 4 nitrogen and oxygen atoms in total. The summed E-state index contributed by atoms with van der Waals surface area (Å²) in [6.07, 6.45) is 3.24. The first-order chi connectivity index (χ1) is 13.0. The van der Waals surface area contributed by atoms with Crippen LogP contribution in [0.4, 0.5) is 0 Å². The Morgan fingerprint density at radius 3 is 2.70 bits per heavy atom. The van der Waals surface area contributed by atoms with Gasteiger partial charge in [0.25, 0.3) is 5.56 Å². The van der Waals surface area contributed by atoms with Gasteiger partial charge in [0.2, 0.25) is 0 Å². The highest BCUT2D eigenvalue weighted by atomic mass is 32.1. The second-order valence-electron chi connectivity index (χ2n) is 7.91. The molecule has 0 amide bonds. The summed E-state index contributed by atoms with van der Waals surface area (Å²) in [7, 11) is 2.09. The molecule has 0 fully saturated rings. The zero-order valence-corrected chi connectivity index (χ0v) is 17.3. The van der Waals surface area contributed by atoms with Crippen molar-refractivity contribution in [1.82, 2.24) is 14.9 Å². The van der Waals surface area contributed by atoms with Crippen LogP contribution in [0.5, 0.6) is 0 Å². The first-order valence-corrected chi connectivity index (χ1v) is 10.6. The monoisotopic (exact) mass is 381 g/mol. The van der Waals surface area contributed by atoms with E-state index in [0.29, 0.717) is 5.92 Å². The van der Waals surface area contributed by atoms with Gasteiger partial charge in [-0.3, -0.25) is 9.69 Å². The molecule has 2 aromatic heterocycles. The molecule has 1 aromatic carbocycles. The summed E-state index contributed by atoms with van der Waals surface area (Å²) >= 11 is 1.72. The van der Waals surface area contributed by atoms with Gasteiger partial charge in [-0.05, 0) is 57.2 Å². The third-order valence-corrected chi connectivity index (χ3v) is 7.23. The number of benzene rings is 1. The van der Waals surface area contributed by atoms with E-state index in [9.17, 15) is 4.79 Å². The van der Waals surface area contributed by atoms with Crippen molar-refractivity contribution in [1.29, 1.82) is 0 Å². The molecule has 3 unspecified atom stereocenters. The van der Waals surface area contributed by atoms with Crippen LogP contribution in [-0.4, -0.2) is 21.9 Å². The van der Waals surface area contributed by atoms with Gasteiger partial charge in [-0.25, -0.2) is 4.98 Å². The minimum Gasteiger partial charge on any atom is -0.309 e. The van der Waals surface area contributed by atoms with Crippen LogP contribution in [0, 0.1) is 5.92 Å². The van der Waals surface area contributed by atoms with E-state index in [1.54, 1.807) is 11.3 Å². The van der Waals surface area contributed by atoms with E-state index in [1.807, 2.05) is 6.07 Å². The second kappa shape index (κ2) is 7.21. The summed E-state index contributed by atoms with van der Waals surface area (Å²) in [6.45, 7) is 6.59. The van der Waals surface area contributed by atoms with Crippen molar-refractivity contribution in [2.24, 2.45) is 5.92 Å². The highest BCUT2D eigenvalue weighted by Gasteiger charge is 2.25. The number of aryl methyl sites for hydroxylation is 1. The molecule has 5 heteroatoms. The number of aromatic nitrogens is 2. The Labute approximate surface area is 164 Å². The lowest BCUT2D eigenvalue weighted by Gasteiger charge is -2.30. The first-order valence-electron chi connectivity index (χ1n) is 9.77. The lowest BCUT2D eigenvalue weighted by molar-refractivity contribution is 0.192. The second-order valence-corrected chi connectivity index (χ2v) is 8.99. The molecule has 1 aliphatic carbocycles. The molecule has 0 radical (unpaired) electrons. The molecule has 0 bridgehead atoms. The number of fused-ring (bicyclic) bond motifs is 3. The number of hydrogen-bond donors (Lipinski definition) is 1. The molecular formula is C22H27N3OS. The third-order valence-electron chi connectivity index (χ3n) is 6.08. The summed E-state index contributed by atoms with van der Waals surface area (Å²) in [5, 5.41) is 0.830. The van der Waals surface area contributed by atoms with Gasteiger partial charge in [0, 0.05) is 10.9 Å². The Morgan fingerprint density at radius 1 is 1.22 bits per heavy atom. The van der Waals surface area contributed by atoms with Crippen molar-refractivity contribution >= 4 is 21.6 Å². The summed E-state index contributed by atoms with van der Waals surface area (Å²) in [6, 6.07) is 10.7. The molecular weight excluding hydrogens is 354 g/mol. The highest BCUT2D eigenvalue weighted by Crippen LogP contribution is 2.36. The van der Waals surface area contributed by atoms with Crippen LogP contribution in [0.1, 0.15) is 61.1 Å². The van der Waals surface area contributed by atoms with Gasteiger partial charge >= 0.3 is 0 Å². The normalized spacial score (nSPS) is 19.2. The smallest absolute Gasteiger partial charge is 0.259 e. The zero-order chi connectivity index (χ0) is 19.1. The maximum atomic E-state index is 12.9. The molecule has 0 aliphatic heterocycles. The standard InChI is InChI=1S/C22H27N3OS/c1-13-10-11-17-18(12-13)27-22-19(17)21(26)23-20(24-22)15(3)25(4)14(2)16-8-6-5-7-9-16/h5-9,13-15H,10-12H2,1-4H3,(H,23,24,26). The van der Waals surface area contributed by atoms with Crippen molar-refractivity contribution in [3.8, 4) is 0 Å². The van der Waals surface area contributed by atoms with Gasteiger partial charge in [0.05, 0.1) is 11.4 Å². The van der Waals surface area contributed by atoms with Gasteiger partial charge in [-0.15, -0.1) is 11.3 Å². The fourth-order valence-electron chi connectivity index (χ4n) is 4.06. The van der Waals surface area contributed by atoms with Gasteiger partial charge < -0.3 is 4.98 Å². The van der Waals surface area contributed by atoms with Crippen LogP contribution in [0.3, 0.4) is 0 Å². The largest absolute Gasteiger partial charge is 0.309 e. The SMILES string of the molecule is CC1CCc2c(sc3nc(C(C)N(C)C(C)c4ccccc4)[nH]c(=O)c23)C1. The Bertz CT molecular complexity index is 1010. The predicted octanol–water partition coefficient (Wildman–Crippen LogP) is 4.86. The molecule has 4 rings (SSSR count). The Morgan fingerprint density at radius 2 is 1.96 bits per heavy atom. The maximum absolute atomic E-state index is 12.9. The fraction of sp³-hybridized carbons (Fsp3) is 0.455. The highest BCUT2D eigenvalue weighted by molar-refractivity contribution is 7.18. The average molecular weight is 382 g/mol. The van der Waals surface area contributed by atoms with Crippen LogP contribution >= 0.6 is 11.3 Å². The van der Waals surface area contributed by atoms with Gasteiger partial charge in [-0.2, -0.15) is 0 Å². The minimum absolute atomic E-state index is 0.0228. The Hall–Kier alpha value is -1.98. The topological polar surface area (TPSA) is 49.0 Å². The maximum Gasteiger partial charge on any atom is 0.259 e. The minimum atomic E-state index is 0.0228. The lowest BCUT2D eigenvalue weighted by Crippen LogP contribution is -2.28. The van der Waals surface area contributed by atoms with Gasteiger partial charge in [0.15, 0.2) is 0 Å². The molecule has 142 valence electrons. The zero-order valence-electron chi connectivity index (χ0n) is 16.5. The van der Waals surface area contributed by atoms with E-state index < -0.39 is 0 Å². The quantitative estimate of drug-likeness (QED) is 0.702. The number of thiophene rings is 1. The average Bonchev–Trinajstić information content (AvgIpc) is 3.04. The number of nitrogens with one attached hydrogen (secondary N) is 1. The van der Waals surface area contributed by atoms with E-state index in [-0.39, 0.29) is 17.6 Å². The van der Waals surface area contributed by atoms with E-state index in [0.717, 1.165) is 35.3 Å². The first kappa shape index (κ1) is 18.4. The molecule has 27 heavy (non-hydrogen) atoms. The molecule has 3 atom stereocenters. The third kappa shape index (κ3) is 3.34. The number of nitrogens with zero attached hydrogens (tertiary/aromatic N) is 2. The predicted molar refractivity (Wildman–Crippen MR) is 112 cm³/mol. The van der Waals surface area contributed by atoms with Crippen LogP contribution in [-0.2, 0) is 12.8 Å².